The van der Waals surface area contributed by atoms with E-state index in [-0.39, 0.29) is 24.4 Å². The molecule has 0 aliphatic rings. The molecule has 0 fully saturated rings. The summed E-state index contributed by atoms with van der Waals surface area (Å²) in [6, 6.07) is 6.28. The molecule has 1 rings (SSSR count). The number of allylic oxidation sites excluding steroid dienone is 10. The van der Waals surface area contributed by atoms with Crippen LogP contribution in [0, 0.1) is 0 Å². The summed E-state index contributed by atoms with van der Waals surface area (Å²) >= 11 is 0. The van der Waals surface area contributed by atoms with E-state index in [1.807, 2.05) is 0 Å². The molecule has 39 heavy (non-hydrogen) atoms. The third kappa shape index (κ3) is 17.7. The first-order chi connectivity index (χ1) is 19.1. The third-order valence-corrected chi connectivity index (χ3v) is 5.48. The van der Waals surface area contributed by atoms with E-state index in [4.69, 9.17) is 9.47 Å². The molecular weight excluding hydrogens is 492 g/mol. The van der Waals surface area contributed by atoms with Crippen LogP contribution >= 0.6 is 0 Å². The number of para-hydroxylation sites is 1. The van der Waals surface area contributed by atoms with Crippen LogP contribution in [0.4, 0.5) is 0 Å². The average Bonchev–Trinajstić information content (AvgIpc) is 2.94. The minimum absolute atomic E-state index is 0.0896. The van der Waals surface area contributed by atoms with Crippen LogP contribution in [-0.4, -0.2) is 50.0 Å². The van der Waals surface area contributed by atoms with Gasteiger partial charge in [-0.05, 0) is 63.5 Å². The summed E-state index contributed by atoms with van der Waals surface area (Å²) in [4.78, 5) is 24.3. The van der Waals surface area contributed by atoms with E-state index in [1.165, 1.54) is 19.2 Å². The van der Waals surface area contributed by atoms with Crippen molar-refractivity contribution in [3.8, 4) is 5.75 Å². The summed E-state index contributed by atoms with van der Waals surface area (Å²) in [5.74, 6) is -0.894. The van der Waals surface area contributed by atoms with Crippen molar-refractivity contribution in [2.24, 2.45) is 0 Å². The fourth-order valence-electron chi connectivity index (χ4n) is 3.38. The molecule has 0 saturated heterocycles. The van der Waals surface area contributed by atoms with Crippen molar-refractivity contribution < 1.29 is 24.2 Å². The Kier molecular flexibility index (Phi) is 20.4. The lowest BCUT2D eigenvalue weighted by Crippen LogP contribution is -2.41. The van der Waals surface area contributed by atoms with Gasteiger partial charge in [0.15, 0.2) is 0 Å². The largest absolute Gasteiger partial charge is 0.507 e. The Morgan fingerprint density at radius 1 is 0.821 bits per heavy atom. The lowest BCUT2D eigenvalue weighted by atomic mass is 10.2. The minimum atomic E-state index is -0.993. The molecule has 1 atom stereocenters. The van der Waals surface area contributed by atoms with Crippen molar-refractivity contribution in [1.82, 2.24) is 10.6 Å². The van der Waals surface area contributed by atoms with Gasteiger partial charge in [0.1, 0.15) is 5.75 Å². The highest BCUT2D eigenvalue weighted by Gasteiger charge is 2.17. The van der Waals surface area contributed by atoms with Crippen molar-refractivity contribution in [3.05, 3.63) is 90.6 Å². The van der Waals surface area contributed by atoms with E-state index >= 15 is 0 Å². The highest BCUT2D eigenvalue weighted by Crippen LogP contribution is 2.14. The number of carbonyl (C=O) groups excluding carboxylic acids is 2. The summed E-state index contributed by atoms with van der Waals surface area (Å²) in [5.41, 5.74) is 0.187. The van der Waals surface area contributed by atoms with E-state index in [9.17, 15) is 14.7 Å². The predicted molar refractivity (Wildman–Crippen MR) is 159 cm³/mol. The Hall–Kier alpha value is -3.42. The van der Waals surface area contributed by atoms with Gasteiger partial charge in [0.2, 0.25) is 6.29 Å². The van der Waals surface area contributed by atoms with Crippen LogP contribution in [0.3, 0.4) is 0 Å². The first-order valence-electron chi connectivity index (χ1n) is 13.8. The second kappa shape index (κ2) is 23.7. The van der Waals surface area contributed by atoms with E-state index in [1.54, 1.807) is 12.1 Å². The fourth-order valence-corrected chi connectivity index (χ4v) is 3.38. The number of nitrogens with one attached hydrogen (secondary N) is 2. The van der Waals surface area contributed by atoms with E-state index in [0.29, 0.717) is 6.61 Å². The van der Waals surface area contributed by atoms with Crippen molar-refractivity contribution in [2.45, 2.75) is 64.6 Å². The monoisotopic (exact) mass is 538 g/mol. The summed E-state index contributed by atoms with van der Waals surface area (Å²) in [7, 11) is 1.42. The van der Waals surface area contributed by atoms with Crippen LogP contribution in [0.2, 0.25) is 0 Å². The van der Waals surface area contributed by atoms with Crippen LogP contribution in [0.5, 0.6) is 5.75 Å². The molecular formula is C32H46N2O5. The number of hydrogen-bond acceptors (Lipinski definition) is 5. The van der Waals surface area contributed by atoms with Crippen LogP contribution in [0.1, 0.15) is 68.6 Å². The van der Waals surface area contributed by atoms with Gasteiger partial charge in [-0.2, -0.15) is 0 Å². The molecule has 0 aliphatic heterocycles. The minimum Gasteiger partial charge on any atom is -0.507 e. The van der Waals surface area contributed by atoms with Gasteiger partial charge in [0.25, 0.3) is 11.8 Å². The van der Waals surface area contributed by atoms with Crippen molar-refractivity contribution in [3.63, 3.8) is 0 Å². The average molecular weight is 539 g/mol. The molecule has 0 spiro atoms. The van der Waals surface area contributed by atoms with Gasteiger partial charge in [0.05, 0.1) is 12.2 Å². The lowest BCUT2D eigenvalue weighted by Gasteiger charge is -2.16. The first-order valence-corrected chi connectivity index (χ1v) is 13.8. The molecule has 7 nitrogen and oxygen atoms in total. The number of unbranched alkanes of at least 4 members (excludes halogenated alkanes) is 2. The highest BCUT2D eigenvalue weighted by atomic mass is 16.7. The maximum atomic E-state index is 12.2. The Balaban J connectivity index is 2.05. The molecule has 0 heterocycles. The molecule has 0 bridgehead atoms. The van der Waals surface area contributed by atoms with E-state index < -0.39 is 18.1 Å². The van der Waals surface area contributed by atoms with Crippen LogP contribution in [-0.2, 0) is 14.3 Å². The molecule has 0 aliphatic carbocycles. The molecule has 1 aromatic rings. The quantitative estimate of drug-likeness (QED) is 0.0991. The Morgan fingerprint density at radius 3 is 1.97 bits per heavy atom. The molecule has 1 aromatic carbocycles. The number of carbonyl (C=O) groups is 2. The summed E-state index contributed by atoms with van der Waals surface area (Å²) in [6.45, 7) is 2.99. The zero-order valence-corrected chi connectivity index (χ0v) is 23.5. The molecule has 0 aromatic heterocycles. The Labute approximate surface area is 234 Å². The summed E-state index contributed by atoms with van der Waals surface area (Å²) in [6.07, 6.45) is 28.6. The maximum Gasteiger partial charge on any atom is 0.277 e. The lowest BCUT2D eigenvalue weighted by molar-refractivity contribution is -0.165. The molecule has 7 heteroatoms. The van der Waals surface area contributed by atoms with Crippen LogP contribution in [0.15, 0.2) is 85.0 Å². The van der Waals surface area contributed by atoms with E-state index in [0.717, 1.165) is 51.4 Å². The number of phenolic OH excluding ortho intramolecular Hbond substituents is 1. The molecule has 0 saturated carbocycles. The molecule has 1 unspecified atom stereocenters. The van der Waals surface area contributed by atoms with Gasteiger partial charge in [0, 0.05) is 20.2 Å². The van der Waals surface area contributed by atoms with Crippen molar-refractivity contribution >= 4 is 11.8 Å². The topological polar surface area (TPSA) is 96.9 Å². The summed E-state index contributed by atoms with van der Waals surface area (Å²) in [5, 5.41) is 15.0. The van der Waals surface area contributed by atoms with Gasteiger partial charge >= 0.3 is 0 Å². The summed E-state index contributed by atoms with van der Waals surface area (Å²) < 4.78 is 10.7. The van der Waals surface area contributed by atoms with Gasteiger partial charge in [-0.1, -0.05) is 79.8 Å². The Bertz CT molecular complexity index is 950. The highest BCUT2D eigenvalue weighted by molar-refractivity contribution is 5.96. The zero-order valence-electron chi connectivity index (χ0n) is 23.5. The Morgan fingerprint density at radius 2 is 1.38 bits per heavy atom. The van der Waals surface area contributed by atoms with E-state index in [2.05, 4.69) is 78.3 Å². The van der Waals surface area contributed by atoms with Crippen molar-refractivity contribution in [1.29, 1.82) is 0 Å². The predicted octanol–water partition coefficient (Wildman–Crippen LogP) is 6.15. The molecule has 2 amide bonds. The number of amides is 2. The normalized spacial score (nSPS) is 12.9. The maximum absolute atomic E-state index is 12.2. The SMILES string of the molecule is CCC=CCC=CCC=CCC=CCC=CCCCCOC(OC)C(=O)NCCNC(=O)c1ccccc1O. The number of ether oxygens (including phenoxy) is 2. The number of benzene rings is 1. The van der Waals surface area contributed by atoms with Crippen molar-refractivity contribution in [2.75, 3.05) is 26.8 Å². The van der Waals surface area contributed by atoms with Gasteiger partial charge in [-0.3, -0.25) is 9.59 Å². The second-order valence-corrected chi connectivity index (χ2v) is 8.71. The van der Waals surface area contributed by atoms with Gasteiger partial charge in [-0.25, -0.2) is 0 Å². The molecule has 214 valence electrons. The number of rotatable bonds is 21. The first kappa shape index (κ1) is 33.6. The fraction of sp³-hybridized carbons (Fsp3) is 0.438. The molecule has 3 N–H and O–H groups in total. The molecule has 0 radical (unpaired) electrons. The number of methoxy groups -OCH3 is 1. The smallest absolute Gasteiger partial charge is 0.277 e. The zero-order chi connectivity index (χ0) is 28.4. The van der Waals surface area contributed by atoms with Crippen LogP contribution in [0.25, 0.3) is 0 Å². The van der Waals surface area contributed by atoms with Crippen LogP contribution < -0.4 is 10.6 Å². The number of hydrogen-bond donors (Lipinski definition) is 3. The number of phenols is 1. The van der Waals surface area contributed by atoms with Gasteiger partial charge < -0.3 is 25.2 Å². The number of aromatic hydroxyl groups is 1. The third-order valence-electron chi connectivity index (χ3n) is 5.48. The second-order valence-electron chi connectivity index (χ2n) is 8.71. The standard InChI is InChI=1S/C32H46N2O5/c1-3-4-5-6-7-8-9-10-11-12-13-14-15-16-17-18-19-22-27-39-32(38-2)31(37)34-26-25-33-30(36)28-23-20-21-24-29(28)35/h4-5,7-8,10-11,13-14,16-17,20-21,23-24,32,35H,3,6,9,12,15,18-19,22,25-27H2,1-2H3,(H,33,36)(H,34,37). The van der Waals surface area contributed by atoms with Gasteiger partial charge in [-0.15, -0.1) is 0 Å².